The number of nitrogens with one attached hydrogen (secondary N) is 2. The van der Waals surface area contributed by atoms with Crippen LogP contribution in [0.5, 0.6) is 5.75 Å². The normalized spacial score (nSPS) is 20.4. The first-order valence-electron chi connectivity index (χ1n) is 8.98. The molecule has 1 aromatic heterocycles. The van der Waals surface area contributed by atoms with Crippen molar-refractivity contribution >= 4 is 16.0 Å². The van der Waals surface area contributed by atoms with Crippen LogP contribution in [-0.4, -0.2) is 43.8 Å². The molecular weight excluding hydrogens is 413 g/mol. The highest BCUT2D eigenvalue weighted by molar-refractivity contribution is 7.88. The monoisotopic (exact) mass is 434 g/mol. The second kappa shape index (κ2) is 8.57. The minimum absolute atomic E-state index is 0.0951. The molecule has 0 spiro atoms. The predicted octanol–water partition coefficient (Wildman–Crippen LogP) is 3.16. The molecule has 0 radical (unpaired) electrons. The zero-order valence-corrected chi connectivity index (χ0v) is 16.4. The molecule has 2 N–H and O–H groups in total. The Morgan fingerprint density at radius 1 is 1.24 bits per heavy atom. The van der Waals surface area contributed by atoms with Gasteiger partial charge in [0.1, 0.15) is 5.75 Å². The highest BCUT2D eigenvalue weighted by atomic mass is 32.2. The van der Waals surface area contributed by atoms with Crippen molar-refractivity contribution in [2.75, 3.05) is 18.1 Å². The average molecular weight is 434 g/mol. The average Bonchev–Trinajstić information content (AvgIpc) is 3.08. The van der Waals surface area contributed by atoms with E-state index in [9.17, 15) is 21.6 Å². The van der Waals surface area contributed by atoms with Crippen molar-refractivity contribution in [3.63, 3.8) is 0 Å². The number of ether oxygens (including phenoxy) is 1. The van der Waals surface area contributed by atoms with E-state index < -0.39 is 16.4 Å². The van der Waals surface area contributed by atoms with Gasteiger partial charge in [0.05, 0.1) is 6.26 Å². The van der Waals surface area contributed by atoms with Gasteiger partial charge in [-0.2, -0.15) is 4.98 Å². The quantitative estimate of drug-likeness (QED) is 0.689. The number of aromatic nitrogens is 2. The number of sulfonamides is 1. The molecule has 1 aliphatic rings. The van der Waals surface area contributed by atoms with Gasteiger partial charge in [0, 0.05) is 18.2 Å². The highest BCUT2D eigenvalue weighted by Crippen LogP contribution is 2.29. The maximum atomic E-state index is 12.4. The topological polar surface area (TPSA) is 106 Å². The Kier molecular flexibility index (Phi) is 6.32. The SMILES string of the molecule is CS(=O)(=O)NCC1CCC(Nc2nc(-c3cccc(OC(F)(F)F)c3)no2)CC1. The third-order valence-corrected chi connectivity index (χ3v) is 5.25. The Labute approximate surface area is 165 Å². The summed E-state index contributed by atoms with van der Waals surface area (Å²) < 4.78 is 71.0. The molecule has 29 heavy (non-hydrogen) atoms. The van der Waals surface area contributed by atoms with Gasteiger partial charge in [0.25, 0.3) is 0 Å². The number of rotatable bonds is 7. The summed E-state index contributed by atoms with van der Waals surface area (Å²) in [7, 11) is -3.19. The molecule has 0 unspecified atom stereocenters. The third kappa shape index (κ3) is 6.89. The fourth-order valence-corrected chi connectivity index (χ4v) is 3.72. The summed E-state index contributed by atoms with van der Waals surface area (Å²) in [5.74, 6) is 0.0545. The lowest BCUT2D eigenvalue weighted by atomic mass is 9.86. The Balaban J connectivity index is 1.54. The first kappa shape index (κ1) is 21.4. The summed E-state index contributed by atoms with van der Waals surface area (Å²) in [6.07, 6.45) is -0.335. The van der Waals surface area contributed by atoms with Gasteiger partial charge in [-0.05, 0) is 43.7 Å². The highest BCUT2D eigenvalue weighted by Gasteiger charge is 2.31. The first-order chi connectivity index (χ1) is 13.6. The Morgan fingerprint density at radius 3 is 2.62 bits per heavy atom. The molecule has 1 fully saturated rings. The van der Waals surface area contributed by atoms with E-state index in [0.29, 0.717) is 12.1 Å². The van der Waals surface area contributed by atoms with Crippen LogP contribution in [0.2, 0.25) is 0 Å². The van der Waals surface area contributed by atoms with Crippen LogP contribution in [0.1, 0.15) is 25.7 Å². The van der Waals surface area contributed by atoms with Crippen molar-refractivity contribution in [2.45, 2.75) is 38.1 Å². The van der Waals surface area contributed by atoms with Gasteiger partial charge in [0.2, 0.25) is 15.8 Å². The Morgan fingerprint density at radius 2 is 1.97 bits per heavy atom. The van der Waals surface area contributed by atoms with Gasteiger partial charge in [-0.25, -0.2) is 13.1 Å². The van der Waals surface area contributed by atoms with Crippen LogP contribution in [0, 0.1) is 5.92 Å². The minimum atomic E-state index is -4.78. The number of anilines is 1. The maximum absolute atomic E-state index is 12.4. The number of halogens is 3. The van der Waals surface area contributed by atoms with Gasteiger partial charge in [-0.15, -0.1) is 13.2 Å². The van der Waals surface area contributed by atoms with Crippen molar-refractivity contribution < 1.29 is 30.8 Å². The lowest BCUT2D eigenvalue weighted by molar-refractivity contribution is -0.274. The lowest BCUT2D eigenvalue weighted by Gasteiger charge is -2.28. The summed E-state index contributed by atoms with van der Waals surface area (Å²) in [6, 6.07) is 5.61. The van der Waals surface area contributed by atoms with Crippen molar-refractivity contribution in [3.05, 3.63) is 24.3 Å². The molecule has 12 heteroatoms. The molecule has 3 rings (SSSR count). The van der Waals surface area contributed by atoms with Crippen molar-refractivity contribution in [2.24, 2.45) is 5.92 Å². The van der Waals surface area contributed by atoms with E-state index in [1.54, 1.807) is 6.07 Å². The van der Waals surface area contributed by atoms with Crippen LogP contribution in [0.3, 0.4) is 0 Å². The zero-order chi connectivity index (χ0) is 21.1. The van der Waals surface area contributed by atoms with E-state index in [1.165, 1.54) is 18.2 Å². The van der Waals surface area contributed by atoms with Crippen molar-refractivity contribution in [1.82, 2.24) is 14.9 Å². The minimum Gasteiger partial charge on any atom is -0.406 e. The van der Waals surface area contributed by atoms with E-state index in [4.69, 9.17) is 4.52 Å². The third-order valence-electron chi connectivity index (χ3n) is 4.56. The van der Waals surface area contributed by atoms with Gasteiger partial charge < -0.3 is 14.6 Å². The number of hydrogen-bond acceptors (Lipinski definition) is 7. The van der Waals surface area contributed by atoms with E-state index in [2.05, 4.69) is 24.9 Å². The van der Waals surface area contributed by atoms with E-state index in [-0.39, 0.29) is 29.5 Å². The Bertz CT molecular complexity index is 925. The van der Waals surface area contributed by atoms with Crippen molar-refractivity contribution in [3.8, 4) is 17.1 Å². The molecule has 0 atom stereocenters. The number of benzene rings is 1. The zero-order valence-electron chi connectivity index (χ0n) is 15.6. The van der Waals surface area contributed by atoms with Crippen LogP contribution in [0.25, 0.3) is 11.4 Å². The smallest absolute Gasteiger partial charge is 0.406 e. The molecular formula is C17H21F3N4O4S. The molecule has 0 amide bonds. The van der Waals surface area contributed by atoms with Crippen LogP contribution < -0.4 is 14.8 Å². The maximum Gasteiger partial charge on any atom is 0.573 e. The molecule has 1 aliphatic carbocycles. The first-order valence-corrected chi connectivity index (χ1v) is 10.9. The standard InChI is InChI=1S/C17H21F3N4O4S/c1-29(25,26)21-10-11-5-7-13(8-6-11)22-16-23-15(24-28-16)12-3-2-4-14(9-12)27-17(18,19)20/h2-4,9,11,13,21H,5-8,10H2,1H3,(H,22,23,24). The van der Waals surface area contributed by atoms with Crippen LogP contribution in [0.15, 0.2) is 28.8 Å². The molecule has 1 heterocycles. The molecule has 160 valence electrons. The lowest BCUT2D eigenvalue weighted by Crippen LogP contribution is -2.33. The van der Waals surface area contributed by atoms with E-state index >= 15 is 0 Å². The van der Waals surface area contributed by atoms with Gasteiger partial charge >= 0.3 is 12.4 Å². The molecule has 0 aliphatic heterocycles. The summed E-state index contributed by atoms with van der Waals surface area (Å²) in [4.78, 5) is 4.18. The van der Waals surface area contributed by atoms with E-state index in [1.807, 2.05) is 0 Å². The number of nitrogens with zero attached hydrogens (tertiary/aromatic N) is 2. The van der Waals surface area contributed by atoms with Crippen LogP contribution in [0.4, 0.5) is 19.2 Å². The van der Waals surface area contributed by atoms with Gasteiger partial charge in [0.15, 0.2) is 0 Å². The predicted molar refractivity (Wildman–Crippen MR) is 98.6 cm³/mol. The molecule has 1 aromatic carbocycles. The van der Waals surface area contributed by atoms with E-state index in [0.717, 1.165) is 31.9 Å². The molecule has 2 aromatic rings. The molecule has 1 saturated carbocycles. The fourth-order valence-electron chi connectivity index (χ4n) is 3.19. The van der Waals surface area contributed by atoms with Crippen LogP contribution in [-0.2, 0) is 10.0 Å². The summed E-state index contributed by atoms with van der Waals surface area (Å²) in [5.41, 5.74) is 0.333. The largest absolute Gasteiger partial charge is 0.573 e. The summed E-state index contributed by atoms with van der Waals surface area (Å²) >= 11 is 0. The van der Waals surface area contributed by atoms with Gasteiger partial charge in [-0.3, -0.25) is 0 Å². The molecule has 0 bridgehead atoms. The van der Waals surface area contributed by atoms with Crippen molar-refractivity contribution in [1.29, 1.82) is 0 Å². The number of alkyl halides is 3. The number of hydrogen-bond donors (Lipinski definition) is 2. The summed E-state index contributed by atoms with van der Waals surface area (Å²) in [5, 5.41) is 6.93. The molecule has 8 nitrogen and oxygen atoms in total. The second-order valence-electron chi connectivity index (χ2n) is 6.98. The molecule has 0 saturated heterocycles. The van der Waals surface area contributed by atoms with Gasteiger partial charge in [-0.1, -0.05) is 17.3 Å². The Hall–Kier alpha value is -2.34. The fraction of sp³-hybridized carbons (Fsp3) is 0.529. The summed E-state index contributed by atoms with van der Waals surface area (Å²) in [6.45, 7) is 0.423. The van der Waals surface area contributed by atoms with Crippen LogP contribution >= 0.6 is 0 Å². The second-order valence-corrected chi connectivity index (χ2v) is 8.81.